The van der Waals surface area contributed by atoms with Crippen molar-refractivity contribution in [2.75, 3.05) is 6.54 Å². The molecule has 1 saturated heterocycles. The first-order valence-electron chi connectivity index (χ1n) is 4.38. The Labute approximate surface area is 73.9 Å². The van der Waals surface area contributed by atoms with Crippen LogP contribution in [0.25, 0.3) is 0 Å². The highest BCUT2D eigenvalue weighted by molar-refractivity contribution is 5.79. The van der Waals surface area contributed by atoms with Crippen LogP contribution < -0.4 is 0 Å². The SMILES string of the molecule is C#CC(C)N1CCC(=O)CC1C. The molecule has 2 nitrogen and oxygen atoms in total. The minimum Gasteiger partial charge on any atom is -0.300 e. The molecule has 12 heavy (non-hydrogen) atoms. The van der Waals surface area contributed by atoms with E-state index in [1.165, 1.54) is 0 Å². The highest BCUT2D eigenvalue weighted by Crippen LogP contribution is 2.16. The van der Waals surface area contributed by atoms with Gasteiger partial charge in [-0.05, 0) is 13.8 Å². The third-order valence-electron chi connectivity index (χ3n) is 2.48. The minimum atomic E-state index is 0.160. The number of nitrogens with zero attached hydrogens (tertiary/aromatic N) is 1. The number of likely N-dealkylation sites (tertiary alicyclic amines) is 1. The van der Waals surface area contributed by atoms with Crippen LogP contribution in [0.4, 0.5) is 0 Å². The Kier molecular flexibility index (Phi) is 2.88. The molecular formula is C10H15NO. The quantitative estimate of drug-likeness (QED) is 0.541. The zero-order valence-electron chi connectivity index (χ0n) is 7.71. The molecular weight excluding hydrogens is 150 g/mol. The van der Waals surface area contributed by atoms with Gasteiger partial charge < -0.3 is 0 Å². The van der Waals surface area contributed by atoms with Gasteiger partial charge in [0.05, 0.1) is 6.04 Å². The van der Waals surface area contributed by atoms with E-state index in [4.69, 9.17) is 6.42 Å². The molecule has 1 heterocycles. The number of hydrogen-bond acceptors (Lipinski definition) is 2. The van der Waals surface area contributed by atoms with Crippen molar-refractivity contribution >= 4 is 5.78 Å². The molecule has 0 radical (unpaired) electrons. The second-order valence-corrected chi connectivity index (χ2v) is 3.42. The summed E-state index contributed by atoms with van der Waals surface area (Å²) in [5.74, 6) is 3.06. The van der Waals surface area contributed by atoms with Gasteiger partial charge in [0.25, 0.3) is 0 Å². The first kappa shape index (κ1) is 9.28. The molecule has 0 N–H and O–H groups in total. The molecule has 1 aliphatic heterocycles. The van der Waals surface area contributed by atoms with Crippen molar-refractivity contribution in [2.24, 2.45) is 0 Å². The van der Waals surface area contributed by atoms with E-state index in [0.29, 0.717) is 24.7 Å². The van der Waals surface area contributed by atoms with E-state index in [-0.39, 0.29) is 6.04 Å². The molecule has 0 saturated carbocycles. The first-order valence-corrected chi connectivity index (χ1v) is 4.38. The maximum Gasteiger partial charge on any atom is 0.135 e. The van der Waals surface area contributed by atoms with Crippen molar-refractivity contribution in [3.8, 4) is 12.3 Å². The number of rotatable bonds is 1. The van der Waals surface area contributed by atoms with Crippen LogP contribution in [0.3, 0.4) is 0 Å². The molecule has 0 aromatic carbocycles. The number of carbonyl (C=O) groups is 1. The van der Waals surface area contributed by atoms with E-state index in [2.05, 4.69) is 17.7 Å². The number of hydrogen-bond donors (Lipinski definition) is 0. The third kappa shape index (κ3) is 1.86. The van der Waals surface area contributed by atoms with Crippen LogP contribution in [0.2, 0.25) is 0 Å². The molecule has 0 aliphatic carbocycles. The molecule has 2 atom stereocenters. The minimum absolute atomic E-state index is 0.160. The highest BCUT2D eigenvalue weighted by atomic mass is 16.1. The monoisotopic (exact) mass is 165 g/mol. The Hall–Kier alpha value is -0.810. The summed E-state index contributed by atoms with van der Waals surface area (Å²) in [6.07, 6.45) is 6.64. The van der Waals surface area contributed by atoms with Gasteiger partial charge in [0.2, 0.25) is 0 Å². The summed E-state index contributed by atoms with van der Waals surface area (Å²) in [4.78, 5) is 13.3. The van der Waals surface area contributed by atoms with Crippen molar-refractivity contribution in [3.05, 3.63) is 0 Å². The Morgan fingerprint density at radius 3 is 2.92 bits per heavy atom. The van der Waals surface area contributed by atoms with Gasteiger partial charge in [-0.25, -0.2) is 0 Å². The van der Waals surface area contributed by atoms with Gasteiger partial charge in [0, 0.05) is 25.4 Å². The lowest BCUT2D eigenvalue weighted by atomic mass is 10.0. The molecule has 0 spiro atoms. The highest BCUT2D eigenvalue weighted by Gasteiger charge is 2.25. The van der Waals surface area contributed by atoms with E-state index in [9.17, 15) is 4.79 Å². The predicted octanol–water partition coefficient (Wildman–Crippen LogP) is 1.06. The van der Waals surface area contributed by atoms with Crippen LogP contribution in [0.5, 0.6) is 0 Å². The zero-order chi connectivity index (χ0) is 9.14. The van der Waals surface area contributed by atoms with Crippen LogP contribution in [0.15, 0.2) is 0 Å². The lowest BCUT2D eigenvalue weighted by Crippen LogP contribution is -2.45. The van der Waals surface area contributed by atoms with Gasteiger partial charge in [-0.1, -0.05) is 5.92 Å². The average molecular weight is 165 g/mol. The number of piperidine rings is 1. The predicted molar refractivity (Wildman–Crippen MR) is 48.7 cm³/mol. The van der Waals surface area contributed by atoms with Gasteiger partial charge in [-0.2, -0.15) is 0 Å². The van der Waals surface area contributed by atoms with E-state index in [1.807, 2.05) is 6.92 Å². The largest absolute Gasteiger partial charge is 0.300 e. The third-order valence-corrected chi connectivity index (χ3v) is 2.48. The Morgan fingerprint density at radius 2 is 2.42 bits per heavy atom. The molecule has 0 aromatic heterocycles. The molecule has 0 aromatic rings. The molecule has 0 bridgehead atoms. The zero-order valence-corrected chi connectivity index (χ0v) is 7.71. The molecule has 0 amide bonds. The summed E-state index contributed by atoms with van der Waals surface area (Å²) in [6, 6.07) is 0.477. The summed E-state index contributed by atoms with van der Waals surface area (Å²) in [7, 11) is 0. The fourth-order valence-corrected chi connectivity index (χ4v) is 1.69. The second kappa shape index (κ2) is 3.73. The fraction of sp³-hybridized carbons (Fsp3) is 0.700. The lowest BCUT2D eigenvalue weighted by molar-refractivity contribution is -0.123. The summed E-state index contributed by atoms with van der Waals surface area (Å²) in [5, 5.41) is 0. The average Bonchev–Trinajstić information content (AvgIpc) is 2.03. The summed E-state index contributed by atoms with van der Waals surface area (Å²) < 4.78 is 0. The first-order chi connectivity index (χ1) is 5.65. The number of carbonyl (C=O) groups excluding carboxylic acids is 1. The summed E-state index contributed by atoms with van der Waals surface area (Å²) in [6.45, 7) is 4.89. The summed E-state index contributed by atoms with van der Waals surface area (Å²) >= 11 is 0. The van der Waals surface area contributed by atoms with Crippen LogP contribution in [-0.4, -0.2) is 29.3 Å². The topological polar surface area (TPSA) is 20.3 Å². The molecule has 1 fully saturated rings. The van der Waals surface area contributed by atoms with Crippen molar-refractivity contribution in [1.29, 1.82) is 0 Å². The van der Waals surface area contributed by atoms with Crippen LogP contribution >= 0.6 is 0 Å². The van der Waals surface area contributed by atoms with E-state index >= 15 is 0 Å². The van der Waals surface area contributed by atoms with Gasteiger partial charge in [0.15, 0.2) is 0 Å². The van der Waals surface area contributed by atoms with Crippen molar-refractivity contribution in [3.63, 3.8) is 0 Å². The molecule has 2 unspecified atom stereocenters. The number of Topliss-reactive ketones (excluding diaryl/α,β-unsaturated/α-hetero) is 1. The van der Waals surface area contributed by atoms with E-state index in [1.54, 1.807) is 0 Å². The molecule has 1 rings (SSSR count). The normalized spacial score (nSPS) is 28.1. The van der Waals surface area contributed by atoms with Crippen molar-refractivity contribution in [1.82, 2.24) is 4.90 Å². The van der Waals surface area contributed by atoms with Crippen molar-refractivity contribution in [2.45, 2.75) is 38.8 Å². The van der Waals surface area contributed by atoms with Crippen molar-refractivity contribution < 1.29 is 4.79 Å². The second-order valence-electron chi connectivity index (χ2n) is 3.42. The number of ketones is 1. The summed E-state index contributed by atoms with van der Waals surface area (Å²) in [5.41, 5.74) is 0. The van der Waals surface area contributed by atoms with Crippen LogP contribution in [0, 0.1) is 12.3 Å². The Balaban J connectivity index is 2.57. The van der Waals surface area contributed by atoms with E-state index in [0.717, 1.165) is 6.54 Å². The maximum atomic E-state index is 11.1. The van der Waals surface area contributed by atoms with Crippen LogP contribution in [-0.2, 0) is 4.79 Å². The maximum absolute atomic E-state index is 11.1. The molecule has 1 aliphatic rings. The van der Waals surface area contributed by atoms with E-state index < -0.39 is 0 Å². The fourth-order valence-electron chi connectivity index (χ4n) is 1.69. The van der Waals surface area contributed by atoms with Gasteiger partial charge >= 0.3 is 0 Å². The standard InChI is InChI=1S/C10H15NO/c1-4-8(2)11-6-5-10(12)7-9(11)3/h1,8-9H,5-7H2,2-3H3. The van der Waals surface area contributed by atoms with Gasteiger partial charge in [-0.15, -0.1) is 6.42 Å². The lowest BCUT2D eigenvalue weighted by Gasteiger charge is -2.34. The van der Waals surface area contributed by atoms with Gasteiger partial charge in [0.1, 0.15) is 5.78 Å². The van der Waals surface area contributed by atoms with Crippen LogP contribution in [0.1, 0.15) is 26.7 Å². The smallest absolute Gasteiger partial charge is 0.135 e. The Bertz CT molecular complexity index is 216. The molecule has 2 heteroatoms. The van der Waals surface area contributed by atoms with Gasteiger partial charge in [-0.3, -0.25) is 9.69 Å². The number of terminal acetylenes is 1. The Morgan fingerprint density at radius 1 is 1.75 bits per heavy atom. The molecule has 66 valence electrons.